The van der Waals surface area contributed by atoms with Gasteiger partial charge < -0.3 is 10.5 Å². The lowest BCUT2D eigenvalue weighted by molar-refractivity contribution is -0.140. The summed E-state index contributed by atoms with van der Waals surface area (Å²) in [6.07, 6.45) is 0.466. The molecule has 0 aliphatic carbocycles. The molecule has 0 bridgehead atoms. The monoisotopic (exact) mass is 187 g/mol. The van der Waals surface area contributed by atoms with Gasteiger partial charge in [-0.3, -0.25) is 4.79 Å². The Morgan fingerprint density at radius 1 is 1.80 bits per heavy atom. The molecule has 0 aromatic rings. The zero-order valence-corrected chi connectivity index (χ0v) is 7.24. The van der Waals surface area contributed by atoms with Gasteiger partial charge in [0.25, 0.3) is 0 Å². The van der Waals surface area contributed by atoms with Gasteiger partial charge in [-0.1, -0.05) is 0 Å². The molecule has 3 nitrogen and oxygen atoms in total. The van der Waals surface area contributed by atoms with Gasteiger partial charge in [-0.25, -0.2) is 0 Å². The van der Waals surface area contributed by atoms with Crippen molar-refractivity contribution in [3.8, 4) is 0 Å². The van der Waals surface area contributed by atoms with Gasteiger partial charge in [0.2, 0.25) is 0 Å². The van der Waals surface area contributed by atoms with Crippen LogP contribution in [0.5, 0.6) is 0 Å². The zero-order chi connectivity index (χ0) is 7.28. The normalized spacial score (nSPS) is 11.5. The van der Waals surface area contributed by atoms with Crippen molar-refractivity contribution in [2.45, 2.75) is 11.8 Å². The number of hydrogen-bond donors (Lipinski definition) is 1. The maximum atomic E-state index is 10.5. The van der Waals surface area contributed by atoms with Gasteiger partial charge in [-0.05, 0) is 13.0 Å². The average Bonchev–Trinajstić information content (AvgIpc) is 1.87. The lowest BCUT2D eigenvalue weighted by atomic mass is 10.3. The van der Waals surface area contributed by atoms with Crippen LogP contribution in [0.2, 0.25) is 0 Å². The maximum absolute atomic E-state index is 10.5. The topological polar surface area (TPSA) is 52.3 Å². The fourth-order valence-electron chi connectivity index (χ4n) is 0.392. The Morgan fingerprint density at radius 2 is 2.30 bits per heavy atom. The van der Waals surface area contributed by atoms with Crippen LogP contribution < -0.4 is 5.73 Å². The Morgan fingerprint density at radius 3 is 2.60 bits per heavy atom. The summed E-state index contributed by atoms with van der Waals surface area (Å²) in [5, 5.41) is -0.583. The summed E-state index contributed by atoms with van der Waals surface area (Å²) in [7, 11) is 1.30. The molecule has 0 aliphatic heterocycles. The predicted molar refractivity (Wildman–Crippen MR) is 42.6 cm³/mol. The highest BCUT2D eigenvalue weighted by Crippen LogP contribution is 2.01. The maximum Gasteiger partial charge on any atom is 0.323 e. The molecule has 2 N–H and O–H groups in total. The summed E-state index contributed by atoms with van der Waals surface area (Å²) < 4.78 is 4.34. The van der Waals surface area contributed by atoms with E-state index in [4.69, 9.17) is 17.3 Å². The number of hydrogen-bond acceptors (Lipinski definition) is 3. The van der Waals surface area contributed by atoms with E-state index in [1.165, 1.54) is 7.11 Å². The molecule has 0 saturated carbocycles. The summed E-state index contributed by atoms with van der Waals surface area (Å²) in [5.41, 5.74) is 5.13. The number of rotatable bonds is 3. The van der Waals surface area contributed by atoms with Gasteiger partial charge in [0.1, 0.15) is 5.38 Å². The lowest BCUT2D eigenvalue weighted by Gasteiger charge is -2.02. The van der Waals surface area contributed by atoms with Gasteiger partial charge in [0.15, 0.2) is 0 Å². The van der Waals surface area contributed by atoms with Gasteiger partial charge in [0.05, 0.1) is 7.11 Å². The van der Waals surface area contributed by atoms with E-state index in [1.54, 1.807) is 0 Å². The Kier molecular flexibility index (Phi) is 9.02. The zero-order valence-electron chi connectivity index (χ0n) is 5.67. The van der Waals surface area contributed by atoms with Crippen LogP contribution in [0.15, 0.2) is 0 Å². The first kappa shape index (κ1) is 12.7. The van der Waals surface area contributed by atoms with Crippen molar-refractivity contribution in [3.63, 3.8) is 0 Å². The minimum absolute atomic E-state index is 0. The van der Waals surface area contributed by atoms with Crippen molar-refractivity contribution in [3.05, 3.63) is 0 Å². The van der Waals surface area contributed by atoms with Crippen LogP contribution in [0, 0.1) is 0 Å². The third-order valence-electron chi connectivity index (χ3n) is 0.877. The smallest absolute Gasteiger partial charge is 0.323 e. The SMILES string of the molecule is COC(=O)[C@H](Cl)CCN.Cl. The lowest BCUT2D eigenvalue weighted by Crippen LogP contribution is -2.19. The van der Waals surface area contributed by atoms with Crippen LogP contribution >= 0.6 is 24.0 Å². The van der Waals surface area contributed by atoms with E-state index >= 15 is 0 Å². The Balaban J connectivity index is 0. The number of alkyl halides is 1. The first-order chi connectivity index (χ1) is 4.22. The highest BCUT2D eigenvalue weighted by molar-refractivity contribution is 6.29. The summed E-state index contributed by atoms with van der Waals surface area (Å²) in [5.74, 6) is -0.415. The Hall–Kier alpha value is 0.01000. The summed E-state index contributed by atoms with van der Waals surface area (Å²) in [6, 6.07) is 0. The fourth-order valence-corrected chi connectivity index (χ4v) is 0.607. The molecule has 1 atom stereocenters. The molecule has 5 heteroatoms. The molecule has 0 saturated heterocycles. The van der Waals surface area contributed by atoms with Crippen LogP contribution in [0.1, 0.15) is 6.42 Å². The quantitative estimate of drug-likeness (QED) is 0.519. The average molecular weight is 188 g/mol. The van der Waals surface area contributed by atoms with E-state index in [0.29, 0.717) is 13.0 Å². The van der Waals surface area contributed by atoms with E-state index in [1.807, 2.05) is 0 Å². The predicted octanol–water partition coefficient (Wildman–Crippen LogP) is 0.537. The first-order valence-electron chi connectivity index (χ1n) is 2.64. The molecule has 62 valence electrons. The van der Waals surface area contributed by atoms with Crippen LogP contribution in [0.4, 0.5) is 0 Å². The molecule has 0 amide bonds. The third-order valence-corrected chi connectivity index (χ3v) is 1.27. The van der Waals surface area contributed by atoms with Crippen LogP contribution in [-0.4, -0.2) is 25.0 Å². The van der Waals surface area contributed by atoms with Crippen molar-refractivity contribution in [1.82, 2.24) is 0 Å². The second kappa shape index (κ2) is 7.12. The summed E-state index contributed by atoms with van der Waals surface area (Å²) in [6.45, 7) is 0.406. The molecule has 0 aromatic heterocycles. The van der Waals surface area contributed by atoms with E-state index in [9.17, 15) is 4.79 Å². The van der Waals surface area contributed by atoms with Crippen molar-refractivity contribution in [1.29, 1.82) is 0 Å². The van der Waals surface area contributed by atoms with E-state index in [2.05, 4.69) is 4.74 Å². The number of nitrogens with two attached hydrogens (primary N) is 1. The second-order valence-corrected chi connectivity index (χ2v) is 2.09. The molecule has 0 fully saturated rings. The van der Waals surface area contributed by atoms with E-state index < -0.39 is 11.3 Å². The molecule has 0 aromatic carbocycles. The number of carbonyl (C=O) groups is 1. The molecular formula is C5H11Cl2NO2. The van der Waals surface area contributed by atoms with Crippen LogP contribution in [0.25, 0.3) is 0 Å². The van der Waals surface area contributed by atoms with Crippen molar-refractivity contribution in [2.75, 3.05) is 13.7 Å². The minimum atomic E-state index is -0.583. The van der Waals surface area contributed by atoms with Crippen molar-refractivity contribution >= 4 is 30.0 Å². The number of halogens is 2. The number of methoxy groups -OCH3 is 1. The van der Waals surface area contributed by atoms with Gasteiger partial charge in [0, 0.05) is 0 Å². The molecule has 10 heavy (non-hydrogen) atoms. The summed E-state index contributed by atoms with van der Waals surface area (Å²) >= 11 is 5.48. The standard InChI is InChI=1S/C5H10ClNO2.ClH/c1-9-5(8)4(6)2-3-7;/h4H,2-3,7H2,1H3;1H/t4-;/m1./s1. The minimum Gasteiger partial charge on any atom is -0.468 e. The highest BCUT2D eigenvalue weighted by atomic mass is 35.5. The van der Waals surface area contributed by atoms with Gasteiger partial charge in [-0.15, -0.1) is 24.0 Å². The molecule has 0 spiro atoms. The first-order valence-corrected chi connectivity index (χ1v) is 3.08. The number of carbonyl (C=O) groups excluding carboxylic acids is 1. The highest BCUT2D eigenvalue weighted by Gasteiger charge is 2.13. The van der Waals surface area contributed by atoms with Gasteiger partial charge >= 0.3 is 5.97 Å². The van der Waals surface area contributed by atoms with Crippen molar-refractivity contribution < 1.29 is 9.53 Å². The van der Waals surface area contributed by atoms with Crippen LogP contribution in [-0.2, 0) is 9.53 Å². The summed E-state index contributed by atoms with van der Waals surface area (Å²) in [4.78, 5) is 10.5. The second-order valence-electron chi connectivity index (χ2n) is 1.57. The molecule has 0 heterocycles. The Labute approximate surface area is 71.3 Å². The third kappa shape index (κ3) is 4.85. The molecule has 0 radical (unpaired) electrons. The number of esters is 1. The molecule has 0 rings (SSSR count). The van der Waals surface area contributed by atoms with E-state index in [0.717, 1.165) is 0 Å². The molecular weight excluding hydrogens is 177 g/mol. The molecule has 0 aliphatic rings. The largest absolute Gasteiger partial charge is 0.468 e. The fraction of sp³-hybridized carbons (Fsp3) is 0.800. The van der Waals surface area contributed by atoms with Crippen LogP contribution in [0.3, 0.4) is 0 Å². The van der Waals surface area contributed by atoms with Gasteiger partial charge in [-0.2, -0.15) is 0 Å². The number of ether oxygens (including phenoxy) is 1. The Bertz CT molecular complexity index is 99.6. The van der Waals surface area contributed by atoms with E-state index in [-0.39, 0.29) is 12.4 Å². The molecule has 0 unspecified atom stereocenters. The van der Waals surface area contributed by atoms with Crippen molar-refractivity contribution in [2.24, 2.45) is 5.73 Å².